The highest BCUT2D eigenvalue weighted by molar-refractivity contribution is 7.23. The van der Waals surface area contributed by atoms with Gasteiger partial charge in [-0.15, -0.1) is 0 Å². The van der Waals surface area contributed by atoms with Crippen LogP contribution in [0.1, 0.15) is 21.5 Å². The fraction of sp³-hybridized carbons (Fsp3) is 0.214. The molecule has 1 aliphatic heterocycles. The molecule has 34 heavy (non-hydrogen) atoms. The molecule has 1 aliphatic rings. The maximum absolute atomic E-state index is 13.2. The van der Waals surface area contributed by atoms with Crippen molar-refractivity contribution in [2.45, 2.75) is 13.5 Å². The number of rotatable bonds is 4. The average molecular weight is 467 g/mol. The van der Waals surface area contributed by atoms with E-state index in [4.69, 9.17) is 4.98 Å². The summed E-state index contributed by atoms with van der Waals surface area (Å²) in [6, 6.07) is 25.0. The summed E-state index contributed by atoms with van der Waals surface area (Å²) in [6.45, 7) is 6.35. The topological polar surface area (TPSA) is 40.9 Å². The largest absolute Gasteiger partial charge is 0.336 e. The van der Waals surface area contributed by atoms with Crippen LogP contribution >= 0.6 is 11.3 Å². The van der Waals surface area contributed by atoms with E-state index in [0.29, 0.717) is 0 Å². The van der Waals surface area contributed by atoms with E-state index in [1.165, 1.54) is 11.1 Å². The second-order valence-electron chi connectivity index (χ2n) is 8.98. The van der Waals surface area contributed by atoms with Gasteiger partial charge in [-0.3, -0.25) is 14.1 Å². The molecule has 0 atom stereocenters. The number of aryl methyl sites for hydroxylation is 1. The number of carbonyl (C=O) groups excluding carboxylic acids is 1. The number of imidazole rings is 1. The monoisotopic (exact) mass is 466 g/mol. The summed E-state index contributed by atoms with van der Waals surface area (Å²) in [5.74, 6) is 0.118. The van der Waals surface area contributed by atoms with Gasteiger partial charge in [0.1, 0.15) is 0 Å². The smallest absolute Gasteiger partial charge is 0.253 e. The molecule has 0 radical (unpaired) electrons. The molecular weight excluding hydrogens is 440 g/mol. The number of hydrogen-bond acceptors (Lipinski definition) is 4. The molecule has 1 fully saturated rings. The summed E-state index contributed by atoms with van der Waals surface area (Å²) in [6.07, 6.45) is 2.09. The minimum absolute atomic E-state index is 0.118. The first kappa shape index (κ1) is 21.1. The average Bonchev–Trinajstić information content (AvgIpc) is 3.43. The van der Waals surface area contributed by atoms with Crippen molar-refractivity contribution in [3.63, 3.8) is 0 Å². The van der Waals surface area contributed by atoms with Crippen molar-refractivity contribution in [1.82, 2.24) is 19.2 Å². The third kappa shape index (κ3) is 4.00. The molecule has 0 saturated carbocycles. The van der Waals surface area contributed by atoms with Crippen molar-refractivity contribution in [3.8, 4) is 11.3 Å². The molecule has 5 nitrogen and oxygen atoms in total. The molecule has 170 valence electrons. The Bertz CT molecular complexity index is 1460. The number of amides is 1. The summed E-state index contributed by atoms with van der Waals surface area (Å²) in [5, 5.41) is 0. The molecule has 6 heteroatoms. The Kier molecular flexibility index (Phi) is 5.40. The van der Waals surface area contributed by atoms with Crippen molar-refractivity contribution in [2.75, 3.05) is 26.2 Å². The predicted molar refractivity (Wildman–Crippen MR) is 138 cm³/mol. The standard InChI is InChI=1S/C28H26N4OS/c1-20-7-9-22(10-8-20)24-19-32-25-12-11-23(17-26(25)34-28(32)29-24)27(33)31-15-13-30(14-16-31)18-21-5-3-2-4-6-21/h2-12,17,19H,13-16,18H2,1H3. The van der Waals surface area contributed by atoms with Gasteiger partial charge < -0.3 is 4.90 Å². The fourth-order valence-electron chi connectivity index (χ4n) is 4.63. The van der Waals surface area contributed by atoms with Crippen LogP contribution in [0.4, 0.5) is 0 Å². The first-order chi connectivity index (χ1) is 16.6. The fourth-order valence-corrected chi connectivity index (χ4v) is 5.68. The SMILES string of the molecule is Cc1ccc(-c2cn3c(n2)sc2cc(C(=O)N4CCN(Cc5ccccc5)CC4)ccc23)cc1. The van der Waals surface area contributed by atoms with Gasteiger partial charge in [0.15, 0.2) is 4.96 Å². The van der Waals surface area contributed by atoms with E-state index in [0.717, 1.165) is 64.7 Å². The van der Waals surface area contributed by atoms with Crippen LogP contribution < -0.4 is 0 Å². The number of thiazole rings is 1. The third-order valence-electron chi connectivity index (χ3n) is 6.60. The van der Waals surface area contributed by atoms with E-state index < -0.39 is 0 Å². The van der Waals surface area contributed by atoms with Crippen LogP contribution in [0.25, 0.3) is 26.4 Å². The number of fused-ring (bicyclic) bond motifs is 3. The summed E-state index contributed by atoms with van der Waals surface area (Å²) < 4.78 is 3.22. The normalized spacial score (nSPS) is 14.8. The molecule has 0 spiro atoms. The highest BCUT2D eigenvalue weighted by Crippen LogP contribution is 2.30. The summed E-state index contributed by atoms with van der Waals surface area (Å²) >= 11 is 1.63. The number of piperazine rings is 1. The van der Waals surface area contributed by atoms with Crippen LogP contribution in [0.5, 0.6) is 0 Å². The van der Waals surface area contributed by atoms with Gasteiger partial charge in [-0.25, -0.2) is 4.98 Å². The molecule has 2 aromatic heterocycles. The highest BCUT2D eigenvalue weighted by Gasteiger charge is 2.23. The molecule has 0 N–H and O–H groups in total. The van der Waals surface area contributed by atoms with Crippen LogP contribution in [-0.2, 0) is 6.54 Å². The van der Waals surface area contributed by atoms with E-state index >= 15 is 0 Å². The van der Waals surface area contributed by atoms with Gasteiger partial charge in [-0.05, 0) is 30.7 Å². The van der Waals surface area contributed by atoms with E-state index in [1.807, 2.05) is 23.1 Å². The lowest BCUT2D eigenvalue weighted by Crippen LogP contribution is -2.48. The number of nitrogens with zero attached hydrogens (tertiary/aromatic N) is 4. The quantitative estimate of drug-likeness (QED) is 0.352. The Morgan fingerprint density at radius 3 is 2.47 bits per heavy atom. The van der Waals surface area contributed by atoms with Gasteiger partial charge in [0.05, 0.1) is 15.9 Å². The molecule has 5 aromatic rings. The minimum Gasteiger partial charge on any atom is -0.336 e. The Morgan fingerprint density at radius 2 is 1.71 bits per heavy atom. The van der Waals surface area contributed by atoms with Crippen molar-refractivity contribution in [3.05, 3.63) is 95.7 Å². The number of aromatic nitrogens is 2. The van der Waals surface area contributed by atoms with E-state index in [2.05, 4.69) is 77.0 Å². The molecule has 0 bridgehead atoms. The van der Waals surface area contributed by atoms with Crippen molar-refractivity contribution in [1.29, 1.82) is 0 Å². The Morgan fingerprint density at radius 1 is 0.941 bits per heavy atom. The summed E-state index contributed by atoms with van der Waals surface area (Å²) in [5.41, 5.74) is 6.50. The molecule has 0 aliphatic carbocycles. The lowest BCUT2D eigenvalue weighted by atomic mass is 10.1. The maximum Gasteiger partial charge on any atom is 0.253 e. The highest BCUT2D eigenvalue weighted by atomic mass is 32.1. The van der Waals surface area contributed by atoms with Gasteiger partial charge in [-0.2, -0.15) is 0 Å². The van der Waals surface area contributed by atoms with Crippen LogP contribution in [-0.4, -0.2) is 51.3 Å². The van der Waals surface area contributed by atoms with E-state index in [-0.39, 0.29) is 5.91 Å². The zero-order chi connectivity index (χ0) is 23.1. The first-order valence-electron chi connectivity index (χ1n) is 11.7. The van der Waals surface area contributed by atoms with Crippen LogP contribution in [0.3, 0.4) is 0 Å². The van der Waals surface area contributed by atoms with Crippen LogP contribution in [0.15, 0.2) is 79.0 Å². The molecule has 1 saturated heterocycles. The molecular formula is C28H26N4OS. The van der Waals surface area contributed by atoms with E-state index in [1.54, 1.807) is 11.3 Å². The van der Waals surface area contributed by atoms with Gasteiger partial charge in [0.25, 0.3) is 5.91 Å². The zero-order valence-electron chi connectivity index (χ0n) is 19.1. The van der Waals surface area contributed by atoms with Crippen molar-refractivity contribution in [2.24, 2.45) is 0 Å². The molecule has 6 rings (SSSR count). The van der Waals surface area contributed by atoms with Crippen LogP contribution in [0.2, 0.25) is 0 Å². The van der Waals surface area contributed by atoms with Gasteiger partial charge in [0.2, 0.25) is 0 Å². The molecule has 3 aromatic carbocycles. The Labute approximate surface area is 202 Å². The predicted octanol–water partition coefficient (Wildman–Crippen LogP) is 5.48. The van der Waals surface area contributed by atoms with Gasteiger partial charge in [0, 0.05) is 50.0 Å². The second kappa shape index (κ2) is 8.70. The lowest BCUT2D eigenvalue weighted by Gasteiger charge is -2.34. The second-order valence-corrected chi connectivity index (χ2v) is 9.99. The van der Waals surface area contributed by atoms with Crippen molar-refractivity contribution < 1.29 is 4.79 Å². The molecule has 1 amide bonds. The number of hydrogen-bond donors (Lipinski definition) is 0. The molecule has 0 unspecified atom stereocenters. The van der Waals surface area contributed by atoms with Gasteiger partial charge in [-0.1, -0.05) is 71.5 Å². The lowest BCUT2D eigenvalue weighted by molar-refractivity contribution is 0.0628. The number of carbonyl (C=O) groups is 1. The van der Waals surface area contributed by atoms with E-state index in [9.17, 15) is 4.79 Å². The third-order valence-corrected chi connectivity index (χ3v) is 7.61. The maximum atomic E-state index is 13.2. The minimum atomic E-state index is 0.118. The molecule has 3 heterocycles. The Balaban J connectivity index is 1.17. The zero-order valence-corrected chi connectivity index (χ0v) is 20.0. The Hall–Kier alpha value is -3.48. The van der Waals surface area contributed by atoms with Crippen molar-refractivity contribution >= 4 is 32.4 Å². The summed E-state index contributed by atoms with van der Waals surface area (Å²) in [7, 11) is 0. The first-order valence-corrected chi connectivity index (χ1v) is 12.5. The summed E-state index contributed by atoms with van der Waals surface area (Å²) in [4.78, 5) is 23.4. The van der Waals surface area contributed by atoms with Crippen LogP contribution in [0, 0.1) is 6.92 Å². The van der Waals surface area contributed by atoms with Gasteiger partial charge >= 0.3 is 0 Å². The number of benzene rings is 3.